The van der Waals surface area contributed by atoms with E-state index in [9.17, 15) is 9.59 Å². The molecule has 39 heavy (non-hydrogen) atoms. The average molecular weight is 572 g/mol. The van der Waals surface area contributed by atoms with Gasteiger partial charge in [-0.15, -0.1) is 0 Å². The maximum absolute atomic E-state index is 14.0. The number of nitrogens with zero attached hydrogens (tertiary/aromatic N) is 2. The maximum Gasteiger partial charge on any atom is 0.303 e. The van der Waals surface area contributed by atoms with Crippen LogP contribution in [0.3, 0.4) is 0 Å². The zero-order chi connectivity index (χ0) is 27.7. The first-order valence-electron chi connectivity index (χ1n) is 14.0. The van der Waals surface area contributed by atoms with E-state index >= 15 is 0 Å². The first-order chi connectivity index (χ1) is 18.6. The molecule has 0 aromatic heterocycles. The zero-order valence-corrected chi connectivity index (χ0v) is 24.5. The fraction of sp³-hybridized carbons (Fsp3) is 0.548. The molecule has 6 rings (SSSR count). The number of hydrogen-bond donors (Lipinski definition) is 0. The molecule has 0 radical (unpaired) electrons. The first-order valence-corrected chi connectivity index (χ1v) is 14.7. The molecule has 2 heterocycles. The summed E-state index contributed by atoms with van der Waals surface area (Å²) < 4.78 is 13.4. The first kappa shape index (κ1) is 26.9. The molecule has 4 aliphatic rings. The summed E-state index contributed by atoms with van der Waals surface area (Å²) in [6, 6.07) is 11.6. The Bertz CT molecular complexity index is 1330. The molecule has 2 aromatic rings. The Kier molecular flexibility index (Phi) is 6.68. The Balaban J connectivity index is 1.44. The Labute approximate surface area is 240 Å². The van der Waals surface area contributed by atoms with E-state index in [1.165, 1.54) is 18.1 Å². The summed E-state index contributed by atoms with van der Waals surface area (Å²) >= 11 is 12.4. The van der Waals surface area contributed by atoms with Gasteiger partial charge in [-0.05, 0) is 74.5 Å². The molecule has 1 saturated heterocycles. The van der Waals surface area contributed by atoms with Gasteiger partial charge in [0.25, 0.3) is 0 Å². The Morgan fingerprint density at radius 3 is 2.69 bits per heavy atom. The van der Waals surface area contributed by atoms with Gasteiger partial charge in [0.15, 0.2) is 0 Å². The number of amides is 1. The normalized spacial score (nSPS) is 30.5. The lowest BCUT2D eigenvalue weighted by Crippen LogP contribution is -2.79. The Hall–Kier alpha value is -2.28. The second kappa shape index (κ2) is 9.67. The van der Waals surface area contributed by atoms with Crippen LogP contribution in [-0.4, -0.2) is 65.6 Å². The number of carbonyl (C=O) groups excluding carboxylic acids is 2. The molecule has 6 nitrogen and oxygen atoms in total. The fourth-order valence-corrected chi connectivity index (χ4v) is 8.51. The third kappa shape index (κ3) is 4.00. The Morgan fingerprint density at radius 2 is 1.97 bits per heavy atom. The van der Waals surface area contributed by atoms with Crippen LogP contribution in [0.2, 0.25) is 10.0 Å². The molecule has 5 atom stereocenters. The van der Waals surface area contributed by atoms with E-state index < -0.39 is 11.0 Å². The second-order valence-electron chi connectivity index (χ2n) is 12.2. The van der Waals surface area contributed by atoms with E-state index in [0.717, 1.165) is 30.7 Å². The van der Waals surface area contributed by atoms with Crippen LogP contribution >= 0.6 is 23.2 Å². The minimum atomic E-state index is -0.692. The van der Waals surface area contributed by atoms with Crippen LogP contribution in [-0.2, 0) is 32.6 Å². The van der Waals surface area contributed by atoms with Crippen molar-refractivity contribution in [3.05, 3.63) is 63.1 Å². The number of ether oxygens (including phenoxy) is 2. The van der Waals surface area contributed by atoms with E-state index in [-0.39, 0.29) is 42.4 Å². The highest BCUT2D eigenvalue weighted by molar-refractivity contribution is 6.42. The molecule has 1 amide bonds. The van der Waals surface area contributed by atoms with Crippen molar-refractivity contribution in [1.29, 1.82) is 0 Å². The summed E-state index contributed by atoms with van der Waals surface area (Å²) in [4.78, 5) is 31.1. The molecule has 208 valence electrons. The van der Waals surface area contributed by atoms with E-state index in [4.69, 9.17) is 32.7 Å². The van der Waals surface area contributed by atoms with Gasteiger partial charge >= 0.3 is 5.97 Å². The molecule has 1 saturated carbocycles. The minimum absolute atomic E-state index is 0.0449. The summed E-state index contributed by atoms with van der Waals surface area (Å²) in [6.07, 6.45) is 2.96. The third-order valence-corrected chi connectivity index (χ3v) is 10.2. The third-order valence-electron chi connectivity index (χ3n) is 9.50. The van der Waals surface area contributed by atoms with Gasteiger partial charge in [-0.1, -0.05) is 55.2 Å². The van der Waals surface area contributed by atoms with Crippen molar-refractivity contribution in [2.45, 2.75) is 82.1 Å². The van der Waals surface area contributed by atoms with Crippen molar-refractivity contribution in [1.82, 2.24) is 9.80 Å². The summed E-state index contributed by atoms with van der Waals surface area (Å²) in [5, 5.41) is 0.920. The van der Waals surface area contributed by atoms with Crippen LogP contribution in [0.1, 0.15) is 56.7 Å². The number of likely N-dealkylation sites (tertiary alicyclic amines) is 1. The molecule has 8 heteroatoms. The topological polar surface area (TPSA) is 59.1 Å². The van der Waals surface area contributed by atoms with Crippen LogP contribution in [0.5, 0.6) is 5.75 Å². The van der Waals surface area contributed by atoms with Gasteiger partial charge in [0, 0.05) is 19.0 Å². The van der Waals surface area contributed by atoms with Crippen LogP contribution < -0.4 is 4.74 Å². The number of halogens is 2. The number of piperidine rings is 1. The number of benzene rings is 2. The highest BCUT2D eigenvalue weighted by Crippen LogP contribution is 2.65. The molecule has 2 fully saturated rings. The van der Waals surface area contributed by atoms with E-state index in [0.29, 0.717) is 29.4 Å². The SMILES string of the molecule is CC(=O)O[C@@]12CCC(N(CC(C)C)C(=O)Cc3ccc(Cl)c(Cl)c3)C3Oc4cccc5c4[C@@]31CCN(C)[C@@H]2C5. The second-order valence-corrected chi connectivity index (χ2v) is 13.0. The molecular formula is C31H36Cl2N2O4. The van der Waals surface area contributed by atoms with Crippen LogP contribution in [0.4, 0.5) is 0 Å². The maximum atomic E-state index is 14.0. The number of hydrogen-bond acceptors (Lipinski definition) is 5. The number of rotatable bonds is 6. The largest absolute Gasteiger partial charge is 0.487 e. The predicted molar refractivity (Wildman–Crippen MR) is 152 cm³/mol. The Morgan fingerprint density at radius 1 is 1.18 bits per heavy atom. The van der Waals surface area contributed by atoms with Gasteiger partial charge in [0.1, 0.15) is 17.5 Å². The smallest absolute Gasteiger partial charge is 0.303 e. The fourth-order valence-electron chi connectivity index (χ4n) is 8.19. The quantitative estimate of drug-likeness (QED) is 0.432. The molecule has 2 aromatic carbocycles. The van der Waals surface area contributed by atoms with Gasteiger partial charge in [-0.2, -0.15) is 0 Å². The molecule has 2 aliphatic carbocycles. The lowest BCUT2D eigenvalue weighted by molar-refractivity contribution is -0.222. The van der Waals surface area contributed by atoms with Crippen molar-refractivity contribution in [2.24, 2.45) is 5.92 Å². The van der Waals surface area contributed by atoms with Crippen molar-refractivity contribution in [3.63, 3.8) is 0 Å². The predicted octanol–water partition coefficient (Wildman–Crippen LogP) is 5.44. The average Bonchev–Trinajstić information content (AvgIpc) is 3.22. The summed E-state index contributed by atoms with van der Waals surface area (Å²) in [5.41, 5.74) is 2.12. The summed E-state index contributed by atoms with van der Waals surface area (Å²) in [6.45, 7) is 7.30. The van der Waals surface area contributed by atoms with Crippen molar-refractivity contribution >= 4 is 35.1 Å². The van der Waals surface area contributed by atoms with Crippen LogP contribution in [0.15, 0.2) is 36.4 Å². The van der Waals surface area contributed by atoms with Crippen molar-refractivity contribution < 1.29 is 19.1 Å². The zero-order valence-electron chi connectivity index (χ0n) is 23.0. The van der Waals surface area contributed by atoms with Crippen molar-refractivity contribution in [3.8, 4) is 5.75 Å². The molecule has 2 unspecified atom stereocenters. The molecule has 2 bridgehead atoms. The van der Waals surface area contributed by atoms with Gasteiger partial charge in [-0.3, -0.25) is 14.5 Å². The molecule has 2 aliphatic heterocycles. The van der Waals surface area contributed by atoms with E-state index in [2.05, 4.69) is 37.9 Å². The molecule has 0 N–H and O–H groups in total. The standard InChI is InChI=1S/C31H36Cl2N2O4/c1-18(2)17-35(27(37)15-20-8-9-22(32)23(33)14-20)24-10-11-31(39-19(3)36)26-16-21-6-5-7-25-28(21)30(31,29(24)38-25)12-13-34(26)4/h5-9,14,18,24,26,29H,10-13,15-17H2,1-4H3/t24?,26-,29?,30+,31-/m1/s1. The summed E-state index contributed by atoms with van der Waals surface area (Å²) in [5.74, 6) is 0.944. The van der Waals surface area contributed by atoms with Crippen LogP contribution in [0.25, 0.3) is 0 Å². The molecular weight excluding hydrogens is 535 g/mol. The van der Waals surface area contributed by atoms with Gasteiger partial charge in [0.05, 0.1) is 34.0 Å². The van der Waals surface area contributed by atoms with E-state index in [1.807, 2.05) is 17.0 Å². The number of esters is 1. The molecule has 1 spiro atoms. The number of carbonyl (C=O) groups is 2. The highest BCUT2D eigenvalue weighted by Gasteiger charge is 2.75. The van der Waals surface area contributed by atoms with Gasteiger partial charge in [0.2, 0.25) is 5.91 Å². The summed E-state index contributed by atoms with van der Waals surface area (Å²) in [7, 11) is 2.14. The van der Waals surface area contributed by atoms with Gasteiger partial charge < -0.3 is 14.4 Å². The minimum Gasteiger partial charge on any atom is -0.487 e. The lowest BCUT2D eigenvalue weighted by atomic mass is 9.48. The van der Waals surface area contributed by atoms with Gasteiger partial charge in [-0.25, -0.2) is 0 Å². The highest BCUT2D eigenvalue weighted by atomic mass is 35.5. The number of likely N-dealkylation sites (N-methyl/N-ethyl adjacent to an activating group) is 1. The van der Waals surface area contributed by atoms with Crippen LogP contribution in [0, 0.1) is 5.92 Å². The van der Waals surface area contributed by atoms with Crippen molar-refractivity contribution in [2.75, 3.05) is 20.1 Å². The van der Waals surface area contributed by atoms with E-state index in [1.54, 1.807) is 12.1 Å². The monoisotopic (exact) mass is 570 g/mol. The lowest BCUT2D eigenvalue weighted by Gasteiger charge is -2.65.